The Morgan fingerprint density at radius 3 is 2.36 bits per heavy atom. The number of aromatic nitrogens is 3. The standard InChI is InChI=1S/C27H27N9O5S/c1-16-10-11-19(15-37)21(12-16)32-34-25(18-8-6-5-7-9-18)35-33-23-14-20(42(39,40)41)13-22(24(23)38)30-26-28-17(2)29-27(31-26)36(3)4/h5-15,33,38H,1-4H3,(H,39,40,41)(H,28,29,30,31). The van der Waals surface area contributed by atoms with E-state index in [2.05, 4.69) is 41.0 Å². The third kappa shape index (κ3) is 7.26. The van der Waals surface area contributed by atoms with Crippen molar-refractivity contribution in [2.75, 3.05) is 29.7 Å². The SMILES string of the molecule is Cc1ccc(C=O)c(N=NC(=NNc2cc(S(=O)(=O)O)cc(Nc3nc(C)nc(N(C)C)n3)c2O)c2ccccc2)c1. The molecule has 1 aromatic heterocycles. The van der Waals surface area contributed by atoms with Gasteiger partial charge in [-0.3, -0.25) is 14.8 Å². The summed E-state index contributed by atoms with van der Waals surface area (Å²) in [6.07, 6.45) is 0.661. The maximum atomic E-state index is 12.1. The molecule has 1 heterocycles. The number of azo groups is 1. The Bertz CT molecular complexity index is 1790. The van der Waals surface area contributed by atoms with Gasteiger partial charge in [0.15, 0.2) is 12.0 Å². The molecule has 0 aliphatic heterocycles. The zero-order chi connectivity index (χ0) is 30.4. The summed E-state index contributed by atoms with van der Waals surface area (Å²) in [7, 11) is -1.25. The first-order chi connectivity index (χ1) is 19.9. The van der Waals surface area contributed by atoms with Crippen molar-refractivity contribution in [3.8, 4) is 5.75 Å². The van der Waals surface area contributed by atoms with Crippen LogP contribution in [0.15, 0.2) is 80.9 Å². The van der Waals surface area contributed by atoms with E-state index in [-0.39, 0.29) is 23.2 Å². The number of carbonyl (C=O) groups excluding carboxylic acids is 1. The zero-order valence-electron chi connectivity index (χ0n) is 23.0. The van der Waals surface area contributed by atoms with Crippen molar-refractivity contribution in [3.05, 3.63) is 83.2 Å². The summed E-state index contributed by atoms with van der Waals surface area (Å²) < 4.78 is 33.9. The topological polar surface area (TPSA) is 195 Å². The Balaban J connectivity index is 1.77. The first-order valence-corrected chi connectivity index (χ1v) is 13.8. The van der Waals surface area contributed by atoms with Crippen LogP contribution < -0.4 is 15.6 Å². The molecular formula is C27H27N9O5S. The van der Waals surface area contributed by atoms with Crippen molar-refractivity contribution in [3.63, 3.8) is 0 Å². The number of phenolic OH excluding ortho intramolecular Hbond substituents is 1. The molecule has 0 fully saturated rings. The molecule has 4 aromatic rings. The third-order valence-electron chi connectivity index (χ3n) is 5.64. The fraction of sp³-hybridized carbons (Fsp3) is 0.148. The minimum absolute atomic E-state index is 0.0198. The quantitative estimate of drug-likeness (QED) is 0.0404. The lowest BCUT2D eigenvalue weighted by molar-refractivity contribution is 0.112. The van der Waals surface area contributed by atoms with Gasteiger partial charge < -0.3 is 15.3 Å². The second-order valence-electron chi connectivity index (χ2n) is 9.16. The van der Waals surface area contributed by atoms with Crippen molar-refractivity contribution >= 4 is 51.2 Å². The molecule has 42 heavy (non-hydrogen) atoms. The third-order valence-corrected chi connectivity index (χ3v) is 6.47. The van der Waals surface area contributed by atoms with Gasteiger partial charge >= 0.3 is 0 Å². The number of carbonyl (C=O) groups is 1. The van der Waals surface area contributed by atoms with Gasteiger partial charge in [-0.1, -0.05) is 36.4 Å². The Hall–Kier alpha value is -5.28. The largest absolute Gasteiger partial charge is 0.504 e. The first-order valence-electron chi connectivity index (χ1n) is 12.3. The summed E-state index contributed by atoms with van der Waals surface area (Å²) in [5, 5.41) is 26.5. The lowest BCUT2D eigenvalue weighted by atomic mass is 10.1. The number of aryl methyl sites for hydroxylation is 2. The number of amidine groups is 1. The van der Waals surface area contributed by atoms with E-state index in [1.165, 1.54) is 0 Å². The second-order valence-corrected chi connectivity index (χ2v) is 10.6. The number of hydrazone groups is 1. The molecule has 0 saturated carbocycles. The molecule has 4 rings (SSSR count). The number of benzene rings is 3. The number of anilines is 4. The Morgan fingerprint density at radius 1 is 0.976 bits per heavy atom. The molecule has 0 aliphatic rings. The zero-order valence-corrected chi connectivity index (χ0v) is 23.8. The van der Waals surface area contributed by atoms with Crippen LogP contribution in [0.4, 0.5) is 29.0 Å². The minimum atomic E-state index is -4.71. The summed E-state index contributed by atoms with van der Waals surface area (Å²) in [6.45, 7) is 3.49. The molecule has 15 heteroatoms. The molecule has 0 unspecified atom stereocenters. The molecule has 216 valence electrons. The highest BCUT2D eigenvalue weighted by Gasteiger charge is 2.19. The maximum Gasteiger partial charge on any atom is 0.294 e. The number of nitrogens with one attached hydrogen (secondary N) is 2. The van der Waals surface area contributed by atoms with Crippen LogP contribution in [-0.2, 0) is 10.1 Å². The van der Waals surface area contributed by atoms with Gasteiger partial charge in [0.2, 0.25) is 17.7 Å². The Morgan fingerprint density at radius 2 is 1.69 bits per heavy atom. The van der Waals surface area contributed by atoms with Crippen molar-refractivity contribution in [1.82, 2.24) is 15.0 Å². The number of aromatic hydroxyl groups is 1. The molecular weight excluding hydrogens is 562 g/mol. The molecule has 0 amide bonds. The van der Waals surface area contributed by atoms with Crippen LogP contribution in [0.3, 0.4) is 0 Å². The molecule has 0 bridgehead atoms. The van der Waals surface area contributed by atoms with Gasteiger partial charge in [0.25, 0.3) is 10.1 Å². The first kappa shape index (κ1) is 29.7. The highest BCUT2D eigenvalue weighted by Crippen LogP contribution is 2.37. The van der Waals surface area contributed by atoms with E-state index in [4.69, 9.17) is 0 Å². The lowest BCUT2D eigenvalue weighted by Crippen LogP contribution is -2.15. The van der Waals surface area contributed by atoms with Gasteiger partial charge in [-0.25, -0.2) is 0 Å². The molecule has 4 N–H and O–H groups in total. The van der Waals surface area contributed by atoms with Gasteiger partial charge in [-0.2, -0.15) is 28.5 Å². The van der Waals surface area contributed by atoms with Crippen LogP contribution in [0.2, 0.25) is 0 Å². The number of hydrogen-bond acceptors (Lipinski definition) is 12. The van der Waals surface area contributed by atoms with Gasteiger partial charge in [0.1, 0.15) is 11.5 Å². The van der Waals surface area contributed by atoms with E-state index in [1.807, 2.05) is 6.92 Å². The molecule has 0 aliphatic carbocycles. The fourth-order valence-electron chi connectivity index (χ4n) is 3.57. The monoisotopic (exact) mass is 589 g/mol. The highest BCUT2D eigenvalue weighted by molar-refractivity contribution is 7.85. The number of hydrogen-bond donors (Lipinski definition) is 4. The summed E-state index contributed by atoms with van der Waals surface area (Å²) in [6, 6.07) is 15.8. The molecule has 3 aromatic carbocycles. The van der Waals surface area contributed by atoms with E-state index < -0.39 is 20.8 Å². The summed E-state index contributed by atoms with van der Waals surface area (Å²) in [5.41, 5.74) is 4.30. The summed E-state index contributed by atoms with van der Waals surface area (Å²) in [5.74, 6) is 0.299. The second kappa shape index (κ2) is 12.5. The number of nitrogens with zero attached hydrogens (tertiary/aromatic N) is 7. The molecule has 14 nitrogen and oxygen atoms in total. The summed E-state index contributed by atoms with van der Waals surface area (Å²) in [4.78, 5) is 25.2. The predicted molar refractivity (Wildman–Crippen MR) is 158 cm³/mol. The Kier molecular flexibility index (Phi) is 8.83. The molecule has 0 spiro atoms. The van der Waals surface area contributed by atoms with Crippen LogP contribution in [0, 0.1) is 13.8 Å². The van der Waals surface area contributed by atoms with Gasteiger partial charge in [-0.15, -0.1) is 10.2 Å². The van der Waals surface area contributed by atoms with Crippen LogP contribution in [0.5, 0.6) is 5.75 Å². The predicted octanol–water partition coefficient (Wildman–Crippen LogP) is 4.62. The normalized spacial score (nSPS) is 11.9. The molecule has 0 saturated heterocycles. The van der Waals surface area contributed by atoms with E-state index in [1.54, 1.807) is 74.4 Å². The average Bonchev–Trinajstić information content (AvgIpc) is 2.94. The number of aldehydes is 1. The number of phenols is 1. The molecule has 0 atom stereocenters. The van der Waals surface area contributed by atoms with E-state index >= 15 is 0 Å². The number of rotatable bonds is 9. The summed E-state index contributed by atoms with van der Waals surface area (Å²) >= 11 is 0. The fourth-order valence-corrected chi connectivity index (χ4v) is 4.10. The van der Waals surface area contributed by atoms with Crippen LogP contribution in [-0.4, -0.2) is 59.2 Å². The van der Waals surface area contributed by atoms with Gasteiger partial charge in [0.05, 0.1) is 16.3 Å². The van der Waals surface area contributed by atoms with Gasteiger partial charge in [0, 0.05) is 25.2 Å². The van der Waals surface area contributed by atoms with Crippen molar-refractivity contribution in [1.29, 1.82) is 0 Å². The van der Waals surface area contributed by atoms with Crippen molar-refractivity contribution < 1.29 is 22.9 Å². The van der Waals surface area contributed by atoms with E-state index in [0.29, 0.717) is 34.9 Å². The van der Waals surface area contributed by atoms with Crippen molar-refractivity contribution in [2.45, 2.75) is 18.7 Å². The highest BCUT2D eigenvalue weighted by atomic mass is 32.2. The minimum Gasteiger partial charge on any atom is -0.504 e. The van der Waals surface area contributed by atoms with Gasteiger partial charge in [-0.05, 0) is 43.7 Å². The maximum absolute atomic E-state index is 12.1. The Labute approximate surface area is 241 Å². The lowest BCUT2D eigenvalue weighted by Gasteiger charge is -2.15. The van der Waals surface area contributed by atoms with Crippen molar-refractivity contribution in [2.24, 2.45) is 15.3 Å². The molecule has 0 radical (unpaired) electrons. The smallest absolute Gasteiger partial charge is 0.294 e. The van der Waals surface area contributed by atoms with E-state index in [0.717, 1.165) is 17.7 Å². The average molecular weight is 590 g/mol. The van der Waals surface area contributed by atoms with Crippen LogP contribution in [0.1, 0.15) is 27.3 Å². The van der Waals surface area contributed by atoms with E-state index in [9.17, 15) is 22.9 Å². The van der Waals surface area contributed by atoms with Crippen LogP contribution in [0.25, 0.3) is 0 Å². The van der Waals surface area contributed by atoms with Crippen LogP contribution >= 0.6 is 0 Å².